The molecule has 9 heteroatoms. The van der Waals surface area contributed by atoms with E-state index in [1.54, 1.807) is 0 Å². The van der Waals surface area contributed by atoms with E-state index >= 15 is 0 Å². The van der Waals surface area contributed by atoms with Crippen LogP contribution < -0.4 is 10.0 Å². The van der Waals surface area contributed by atoms with Gasteiger partial charge in [-0.1, -0.05) is 6.07 Å². The van der Waals surface area contributed by atoms with Gasteiger partial charge in [-0.2, -0.15) is 13.2 Å². The van der Waals surface area contributed by atoms with E-state index in [0.29, 0.717) is 18.4 Å². The largest absolute Gasteiger partial charge is 0.416 e. The fourth-order valence-corrected chi connectivity index (χ4v) is 3.59. The Bertz CT molecular complexity index is 629. The van der Waals surface area contributed by atoms with Crippen molar-refractivity contribution in [1.82, 2.24) is 10.0 Å². The number of hydrogen-bond donors (Lipinski definition) is 2. The zero-order valence-electron chi connectivity index (χ0n) is 12.6. The summed E-state index contributed by atoms with van der Waals surface area (Å²) in [5.41, 5.74) is -0.918. The molecule has 0 spiro atoms. The molecule has 1 atom stereocenters. The standard InChI is InChI=1S/C14H19F3N2O2S.ClH/c1-10-2-3-12(8-13(10)14(15,16)17)22(20,21)19-7-5-11-4-6-18-9-11;/h2-3,8,11,18-19H,4-7,9H2,1H3;1H. The SMILES string of the molecule is Cc1ccc(S(=O)(=O)NCCC2CCNC2)cc1C(F)(F)F.Cl. The normalized spacial score (nSPS) is 18.7. The molecule has 2 N–H and O–H groups in total. The smallest absolute Gasteiger partial charge is 0.316 e. The van der Waals surface area contributed by atoms with Gasteiger partial charge >= 0.3 is 6.18 Å². The van der Waals surface area contributed by atoms with Crippen LogP contribution in [0.1, 0.15) is 24.0 Å². The summed E-state index contributed by atoms with van der Waals surface area (Å²) in [5.74, 6) is 0.409. The summed E-state index contributed by atoms with van der Waals surface area (Å²) in [4.78, 5) is -0.352. The Morgan fingerprint density at radius 2 is 2.04 bits per heavy atom. The molecule has 0 saturated carbocycles. The van der Waals surface area contributed by atoms with Crippen LogP contribution in [0.3, 0.4) is 0 Å². The molecule has 0 amide bonds. The van der Waals surface area contributed by atoms with E-state index in [-0.39, 0.29) is 29.4 Å². The van der Waals surface area contributed by atoms with Crippen molar-refractivity contribution in [3.8, 4) is 0 Å². The van der Waals surface area contributed by atoms with E-state index < -0.39 is 21.8 Å². The number of hydrogen-bond acceptors (Lipinski definition) is 3. The second-order valence-electron chi connectivity index (χ2n) is 5.52. The number of aryl methyl sites for hydroxylation is 1. The summed E-state index contributed by atoms with van der Waals surface area (Å²) in [5, 5.41) is 3.18. The van der Waals surface area contributed by atoms with Gasteiger partial charge in [-0.05, 0) is 56.5 Å². The first-order chi connectivity index (χ1) is 10.2. The number of alkyl halides is 3. The minimum Gasteiger partial charge on any atom is -0.316 e. The van der Waals surface area contributed by atoms with Crippen molar-refractivity contribution in [1.29, 1.82) is 0 Å². The highest BCUT2D eigenvalue weighted by Gasteiger charge is 2.33. The molecule has 1 unspecified atom stereocenters. The molecule has 0 bridgehead atoms. The van der Waals surface area contributed by atoms with Gasteiger partial charge in [0, 0.05) is 6.54 Å². The summed E-state index contributed by atoms with van der Waals surface area (Å²) in [7, 11) is -3.92. The third-order valence-corrected chi connectivity index (χ3v) is 5.29. The summed E-state index contributed by atoms with van der Waals surface area (Å²) >= 11 is 0. The van der Waals surface area contributed by atoms with Crippen LogP contribution in [0.2, 0.25) is 0 Å². The van der Waals surface area contributed by atoms with Crippen molar-refractivity contribution in [2.24, 2.45) is 5.92 Å². The van der Waals surface area contributed by atoms with Crippen molar-refractivity contribution in [3.05, 3.63) is 29.3 Å². The molecule has 2 rings (SSSR count). The second kappa shape index (κ2) is 7.83. The van der Waals surface area contributed by atoms with Crippen LogP contribution in [0, 0.1) is 12.8 Å². The first-order valence-electron chi connectivity index (χ1n) is 7.08. The van der Waals surface area contributed by atoms with Crippen LogP contribution in [-0.2, 0) is 16.2 Å². The summed E-state index contributed by atoms with van der Waals surface area (Å²) in [6.45, 7) is 3.30. The fraction of sp³-hybridized carbons (Fsp3) is 0.571. The highest BCUT2D eigenvalue weighted by molar-refractivity contribution is 7.89. The Morgan fingerprint density at radius 1 is 1.35 bits per heavy atom. The number of nitrogens with one attached hydrogen (secondary N) is 2. The van der Waals surface area contributed by atoms with E-state index in [2.05, 4.69) is 10.0 Å². The molecule has 1 aliphatic heterocycles. The van der Waals surface area contributed by atoms with Crippen LogP contribution in [-0.4, -0.2) is 28.1 Å². The number of sulfonamides is 1. The summed E-state index contributed by atoms with van der Waals surface area (Å²) in [6, 6.07) is 3.07. The van der Waals surface area contributed by atoms with Gasteiger partial charge in [-0.15, -0.1) is 12.4 Å². The maximum Gasteiger partial charge on any atom is 0.416 e. The van der Waals surface area contributed by atoms with E-state index in [4.69, 9.17) is 0 Å². The Kier molecular flexibility index (Phi) is 6.88. The average Bonchev–Trinajstić information content (AvgIpc) is 2.90. The second-order valence-corrected chi connectivity index (χ2v) is 7.29. The summed E-state index contributed by atoms with van der Waals surface area (Å²) in [6.07, 6.45) is -2.90. The van der Waals surface area contributed by atoms with Gasteiger partial charge in [-0.25, -0.2) is 13.1 Å². The van der Waals surface area contributed by atoms with Crippen molar-refractivity contribution in [3.63, 3.8) is 0 Å². The maximum atomic E-state index is 12.9. The molecule has 0 aromatic heterocycles. The van der Waals surface area contributed by atoms with E-state index in [1.165, 1.54) is 19.1 Å². The highest BCUT2D eigenvalue weighted by atomic mass is 35.5. The highest BCUT2D eigenvalue weighted by Crippen LogP contribution is 2.33. The minimum absolute atomic E-state index is 0. The quantitative estimate of drug-likeness (QED) is 0.835. The number of benzene rings is 1. The molecular formula is C14H20ClF3N2O2S. The lowest BCUT2D eigenvalue weighted by Gasteiger charge is -2.13. The lowest BCUT2D eigenvalue weighted by Crippen LogP contribution is -2.27. The Morgan fingerprint density at radius 3 is 2.61 bits per heavy atom. The third kappa shape index (κ3) is 5.34. The van der Waals surface area contributed by atoms with Crippen LogP contribution in [0.25, 0.3) is 0 Å². The Balaban J connectivity index is 0.00000264. The molecule has 0 aliphatic carbocycles. The van der Waals surface area contributed by atoms with Crippen molar-refractivity contribution < 1.29 is 21.6 Å². The fourth-order valence-electron chi connectivity index (χ4n) is 2.52. The first kappa shape index (κ1) is 20.2. The van der Waals surface area contributed by atoms with Crippen LogP contribution in [0.5, 0.6) is 0 Å². The molecule has 1 fully saturated rings. The number of halogens is 4. The van der Waals surface area contributed by atoms with Crippen molar-refractivity contribution in [2.75, 3.05) is 19.6 Å². The molecule has 1 aromatic rings. The van der Waals surface area contributed by atoms with E-state index in [0.717, 1.165) is 19.5 Å². The predicted octanol–water partition coefficient (Wildman–Crippen LogP) is 2.71. The Hall–Kier alpha value is -0.830. The molecular weight excluding hydrogens is 353 g/mol. The molecule has 1 aliphatic rings. The monoisotopic (exact) mass is 372 g/mol. The van der Waals surface area contributed by atoms with Gasteiger partial charge in [0.2, 0.25) is 10.0 Å². The van der Waals surface area contributed by atoms with Gasteiger partial charge < -0.3 is 5.32 Å². The molecule has 23 heavy (non-hydrogen) atoms. The van der Waals surface area contributed by atoms with Crippen LogP contribution >= 0.6 is 12.4 Å². The maximum absolute atomic E-state index is 12.9. The molecule has 4 nitrogen and oxygen atoms in total. The van der Waals surface area contributed by atoms with Crippen LogP contribution in [0.15, 0.2) is 23.1 Å². The van der Waals surface area contributed by atoms with Gasteiger partial charge in [0.1, 0.15) is 0 Å². The minimum atomic E-state index is -4.56. The lowest BCUT2D eigenvalue weighted by molar-refractivity contribution is -0.138. The Labute approximate surface area is 140 Å². The van der Waals surface area contributed by atoms with Gasteiger partial charge in [0.05, 0.1) is 10.5 Å². The zero-order chi connectivity index (χ0) is 16.4. The van der Waals surface area contributed by atoms with Gasteiger partial charge in [-0.3, -0.25) is 0 Å². The average molecular weight is 373 g/mol. The number of rotatable bonds is 5. The molecule has 1 saturated heterocycles. The zero-order valence-corrected chi connectivity index (χ0v) is 14.2. The van der Waals surface area contributed by atoms with E-state index in [1.807, 2.05) is 0 Å². The topological polar surface area (TPSA) is 58.2 Å². The molecule has 1 aromatic carbocycles. The molecule has 0 radical (unpaired) electrons. The third-order valence-electron chi connectivity index (χ3n) is 3.83. The van der Waals surface area contributed by atoms with Gasteiger partial charge in [0.15, 0.2) is 0 Å². The lowest BCUT2D eigenvalue weighted by atomic mass is 10.1. The molecule has 132 valence electrons. The first-order valence-corrected chi connectivity index (χ1v) is 8.57. The molecule has 1 heterocycles. The van der Waals surface area contributed by atoms with Gasteiger partial charge in [0.25, 0.3) is 0 Å². The van der Waals surface area contributed by atoms with E-state index in [9.17, 15) is 21.6 Å². The summed E-state index contributed by atoms with van der Waals surface area (Å²) < 4.78 is 65.1. The van der Waals surface area contributed by atoms with Crippen LogP contribution in [0.4, 0.5) is 13.2 Å². The predicted molar refractivity (Wildman–Crippen MR) is 84.2 cm³/mol. The van der Waals surface area contributed by atoms with Crippen molar-refractivity contribution in [2.45, 2.75) is 30.8 Å². The van der Waals surface area contributed by atoms with Crippen molar-refractivity contribution >= 4 is 22.4 Å².